The van der Waals surface area contributed by atoms with Crippen molar-refractivity contribution >= 4 is 23.2 Å². The van der Waals surface area contributed by atoms with Crippen LogP contribution in [0, 0.1) is 6.92 Å². The lowest BCUT2D eigenvalue weighted by Gasteiger charge is -2.20. The Morgan fingerprint density at radius 2 is 1.81 bits per heavy atom. The highest BCUT2D eigenvalue weighted by Crippen LogP contribution is 2.36. The van der Waals surface area contributed by atoms with E-state index in [1.165, 1.54) is 19.3 Å². The molecule has 0 saturated heterocycles. The van der Waals surface area contributed by atoms with Crippen LogP contribution in [0.15, 0.2) is 48.9 Å². The van der Waals surface area contributed by atoms with Crippen LogP contribution in [0.4, 0.5) is 11.8 Å². The maximum absolute atomic E-state index is 12.6. The quantitative estimate of drug-likeness (QED) is 0.500. The molecule has 0 spiro atoms. The zero-order valence-electron chi connectivity index (χ0n) is 18.0. The van der Waals surface area contributed by atoms with Gasteiger partial charge in [-0.15, -0.1) is 0 Å². The third-order valence-corrected chi connectivity index (χ3v) is 6.02. The summed E-state index contributed by atoms with van der Waals surface area (Å²) in [5.74, 6) is 1.94. The van der Waals surface area contributed by atoms with Crippen molar-refractivity contribution in [2.24, 2.45) is 0 Å². The third-order valence-electron chi connectivity index (χ3n) is 6.02. The fourth-order valence-corrected chi connectivity index (χ4v) is 4.40. The lowest BCUT2D eigenvalue weighted by atomic mass is 9.89. The molecule has 0 unspecified atom stereocenters. The highest BCUT2D eigenvalue weighted by molar-refractivity contribution is 6.03. The smallest absolute Gasteiger partial charge is 0.258 e. The summed E-state index contributed by atoms with van der Waals surface area (Å²) < 4.78 is 2.09. The highest BCUT2D eigenvalue weighted by Gasteiger charge is 2.24. The number of nitrogens with one attached hydrogen (secondary N) is 1. The molecule has 1 aliphatic rings. The van der Waals surface area contributed by atoms with Gasteiger partial charge in [0.2, 0.25) is 5.95 Å². The molecule has 32 heavy (non-hydrogen) atoms. The second-order valence-corrected chi connectivity index (χ2v) is 8.24. The maximum atomic E-state index is 12.6. The average Bonchev–Trinajstić information content (AvgIpc) is 3.21. The van der Waals surface area contributed by atoms with Gasteiger partial charge in [0.05, 0.1) is 0 Å². The normalized spacial score (nSPS) is 14.5. The summed E-state index contributed by atoms with van der Waals surface area (Å²) in [4.78, 5) is 30.2. The molecule has 0 bridgehead atoms. The number of rotatable bonds is 4. The number of benzene rings is 1. The monoisotopic (exact) mass is 427 g/mol. The van der Waals surface area contributed by atoms with Crippen molar-refractivity contribution in [3.8, 4) is 11.3 Å². The van der Waals surface area contributed by atoms with Gasteiger partial charge in [0.1, 0.15) is 22.9 Å². The van der Waals surface area contributed by atoms with Crippen molar-refractivity contribution in [3.63, 3.8) is 0 Å². The van der Waals surface area contributed by atoms with Gasteiger partial charge in [-0.25, -0.2) is 19.9 Å². The van der Waals surface area contributed by atoms with E-state index in [1.54, 1.807) is 30.6 Å². The first-order chi connectivity index (χ1) is 15.6. The first kappa shape index (κ1) is 20.1. The number of hydrogen-bond donors (Lipinski definition) is 2. The van der Waals surface area contributed by atoms with Crippen LogP contribution in [-0.4, -0.2) is 30.2 Å². The molecule has 3 heterocycles. The van der Waals surface area contributed by atoms with E-state index in [9.17, 15) is 4.79 Å². The number of aryl methyl sites for hydroxylation is 1. The summed E-state index contributed by atoms with van der Waals surface area (Å²) in [5.41, 5.74) is 10.1. The van der Waals surface area contributed by atoms with Crippen LogP contribution in [0.25, 0.3) is 16.8 Å². The zero-order valence-corrected chi connectivity index (χ0v) is 18.0. The standard InChI is InChI=1S/C24H25N7O/c1-15-11-12-27-24(28-15)30-23(32)18-9-7-16(8-10-18)19-20-21(25)26-13-14-31(20)22(29-19)17-5-3-2-4-6-17/h7-14,17H,2-6H2,1H3,(H2,25,26)(H,27,28,30,32). The fraction of sp³-hybridized carbons (Fsp3) is 0.292. The summed E-state index contributed by atoms with van der Waals surface area (Å²) >= 11 is 0. The van der Waals surface area contributed by atoms with Crippen molar-refractivity contribution in [1.29, 1.82) is 0 Å². The van der Waals surface area contributed by atoms with Crippen LogP contribution >= 0.6 is 0 Å². The number of carbonyl (C=O) groups is 1. The topological polar surface area (TPSA) is 111 Å². The summed E-state index contributed by atoms with van der Waals surface area (Å²) in [7, 11) is 0. The van der Waals surface area contributed by atoms with Crippen LogP contribution in [-0.2, 0) is 0 Å². The van der Waals surface area contributed by atoms with Gasteiger partial charge in [-0.05, 0) is 38.0 Å². The first-order valence-corrected chi connectivity index (χ1v) is 10.9. The molecule has 8 nitrogen and oxygen atoms in total. The Balaban J connectivity index is 1.47. The van der Waals surface area contributed by atoms with E-state index in [0.717, 1.165) is 41.1 Å². The van der Waals surface area contributed by atoms with Gasteiger partial charge < -0.3 is 5.73 Å². The second-order valence-electron chi connectivity index (χ2n) is 8.24. The lowest BCUT2D eigenvalue weighted by molar-refractivity contribution is 0.102. The van der Waals surface area contributed by atoms with E-state index in [2.05, 4.69) is 24.7 Å². The molecular weight excluding hydrogens is 402 g/mol. The van der Waals surface area contributed by atoms with Gasteiger partial charge in [0, 0.05) is 41.3 Å². The number of nitrogen functional groups attached to an aromatic ring is 1. The highest BCUT2D eigenvalue weighted by atomic mass is 16.1. The number of nitrogens with zero attached hydrogens (tertiary/aromatic N) is 5. The van der Waals surface area contributed by atoms with Gasteiger partial charge in [-0.3, -0.25) is 14.5 Å². The molecule has 1 amide bonds. The van der Waals surface area contributed by atoms with Gasteiger partial charge in [-0.2, -0.15) is 0 Å². The average molecular weight is 428 g/mol. The van der Waals surface area contributed by atoms with Gasteiger partial charge in [0.15, 0.2) is 0 Å². The van der Waals surface area contributed by atoms with Crippen LogP contribution in [0.1, 0.15) is 59.9 Å². The van der Waals surface area contributed by atoms with Crippen molar-refractivity contribution < 1.29 is 4.79 Å². The SMILES string of the molecule is Cc1ccnc(NC(=O)c2ccc(-c3nc(C4CCCCC4)n4ccnc(N)c34)cc2)n1. The molecule has 0 radical (unpaired) electrons. The number of aromatic nitrogens is 5. The van der Waals surface area contributed by atoms with E-state index in [1.807, 2.05) is 25.3 Å². The summed E-state index contributed by atoms with van der Waals surface area (Å²) in [6.45, 7) is 1.85. The molecule has 1 fully saturated rings. The van der Waals surface area contributed by atoms with Crippen LogP contribution in [0.5, 0.6) is 0 Å². The third kappa shape index (κ3) is 3.79. The number of amides is 1. The van der Waals surface area contributed by atoms with E-state index < -0.39 is 0 Å². The van der Waals surface area contributed by atoms with E-state index in [0.29, 0.717) is 17.3 Å². The first-order valence-electron chi connectivity index (χ1n) is 10.9. The molecule has 0 atom stereocenters. The molecule has 8 heteroatoms. The van der Waals surface area contributed by atoms with Crippen LogP contribution in [0.2, 0.25) is 0 Å². The molecule has 5 rings (SSSR count). The molecule has 3 aromatic heterocycles. The van der Waals surface area contributed by atoms with Crippen LogP contribution in [0.3, 0.4) is 0 Å². The summed E-state index contributed by atoms with van der Waals surface area (Å²) in [6.07, 6.45) is 11.3. The lowest BCUT2D eigenvalue weighted by Crippen LogP contribution is -2.14. The molecular formula is C24H25N7O. The molecule has 3 N–H and O–H groups in total. The number of nitrogens with two attached hydrogens (primary N) is 1. The molecule has 4 aromatic rings. The Bertz CT molecular complexity index is 1270. The minimum atomic E-state index is -0.263. The molecule has 162 valence electrons. The van der Waals surface area contributed by atoms with Crippen molar-refractivity contribution in [2.75, 3.05) is 11.1 Å². The number of fused-ring (bicyclic) bond motifs is 1. The molecule has 1 saturated carbocycles. The Kier molecular flexibility index (Phi) is 5.26. The second kappa shape index (κ2) is 8.37. The van der Waals surface area contributed by atoms with Crippen molar-refractivity contribution in [2.45, 2.75) is 44.9 Å². The maximum Gasteiger partial charge on any atom is 0.258 e. The Hall–Kier alpha value is -3.81. The Labute approximate surface area is 186 Å². The zero-order chi connectivity index (χ0) is 22.1. The van der Waals surface area contributed by atoms with Gasteiger partial charge in [0.25, 0.3) is 5.91 Å². The number of hydrogen-bond acceptors (Lipinski definition) is 6. The number of imidazole rings is 1. The predicted molar refractivity (Wildman–Crippen MR) is 123 cm³/mol. The number of anilines is 2. The van der Waals surface area contributed by atoms with Crippen molar-refractivity contribution in [3.05, 3.63) is 66.0 Å². The predicted octanol–water partition coefficient (Wildman–Crippen LogP) is 4.38. The molecule has 0 aliphatic heterocycles. The van der Waals surface area contributed by atoms with Gasteiger partial charge in [-0.1, -0.05) is 31.4 Å². The van der Waals surface area contributed by atoms with Crippen LogP contribution < -0.4 is 11.1 Å². The van der Waals surface area contributed by atoms with Crippen molar-refractivity contribution in [1.82, 2.24) is 24.3 Å². The largest absolute Gasteiger partial charge is 0.382 e. The van der Waals surface area contributed by atoms with Gasteiger partial charge >= 0.3 is 0 Å². The Morgan fingerprint density at radius 1 is 1.03 bits per heavy atom. The van der Waals surface area contributed by atoms with E-state index >= 15 is 0 Å². The summed E-state index contributed by atoms with van der Waals surface area (Å²) in [5, 5.41) is 2.73. The molecule has 1 aromatic carbocycles. The van der Waals surface area contributed by atoms with E-state index in [-0.39, 0.29) is 11.9 Å². The minimum Gasteiger partial charge on any atom is -0.382 e. The molecule has 1 aliphatic carbocycles. The Morgan fingerprint density at radius 3 is 2.56 bits per heavy atom. The fourth-order valence-electron chi connectivity index (χ4n) is 4.40. The summed E-state index contributed by atoms with van der Waals surface area (Å²) in [6, 6.07) is 9.12. The number of carbonyl (C=O) groups excluding carboxylic acids is 1. The van der Waals surface area contributed by atoms with E-state index in [4.69, 9.17) is 10.7 Å². The minimum absolute atomic E-state index is 0.263.